The van der Waals surface area contributed by atoms with E-state index in [2.05, 4.69) is 26.2 Å². The third-order valence-corrected chi connectivity index (χ3v) is 3.15. The van der Waals surface area contributed by atoms with Gasteiger partial charge in [0.05, 0.1) is 16.2 Å². The molecule has 0 unspecified atom stereocenters. The summed E-state index contributed by atoms with van der Waals surface area (Å²) in [5.41, 5.74) is 0.423. The normalized spacial score (nSPS) is 10.8. The molecule has 0 fully saturated rings. The fourth-order valence-electron chi connectivity index (χ4n) is 1.62. The molecule has 0 spiro atoms. The van der Waals surface area contributed by atoms with Gasteiger partial charge in [-0.15, -0.1) is 0 Å². The first-order valence-corrected chi connectivity index (χ1v) is 6.61. The zero-order valence-electron chi connectivity index (χ0n) is 10.0. The molecule has 5 heteroatoms. The maximum Gasteiger partial charge on any atom is 0.196 e. The number of rotatable bonds is 5. The van der Waals surface area contributed by atoms with Crippen molar-refractivity contribution in [3.8, 4) is 11.3 Å². The summed E-state index contributed by atoms with van der Waals surface area (Å²) in [4.78, 5) is 4.15. The van der Waals surface area contributed by atoms with E-state index >= 15 is 0 Å². The third kappa shape index (κ3) is 2.97. The smallest absolute Gasteiger partial charge is 0.196 e. The van der Waals surface area contributed by atoms with Gasteiger partial charge in [0.1, 0.15) is 5.82 Å². The van der Waals surface area contributed by atoms with Crippen LogP contribution in [0.3, 0.4) is 0 Å². The Kier molecular flexibility index (Phi) is 4.49. The summed E-state index contributed by atoms with van der Waals surface area (Å²) >= 11 is 3.15. The number of oxazole rings is 1. The first-order valence-electron chi connectivity index (χ1n) is 5.82. The summed E-state index contributed by atoms with van der Waals surface area (Å²) in [7, 11) is 0. The van der Waals surface area contributed by atoms with E-state index in [1.807, 2.05) is 6.92 Å². The van der Waals surface area contributed by atoms with E-state index in [1.54, 1.807) is 24.4 Å². The van der Waals surface area contributed by atoms with Crippen LogP contribution in [0.15, 0.2) is 33.3 Å². The summed E-state index contributed by atoms with van der Waals surface area (Å²) in [6, 6.07) is 5.10. The number of benzene rings is 1. The van der Waals surface area contributed by atoms with Gasteiger partial charge >= 0.3 is 0 Å². The van der Waals surface area contributed by atoms with Gasteiger partial charge in [0.25, 0.3) is 0 Å². The average Bonchev–Trinajstić information content (AvgIpc) is 2.82. The van der Waals surface area contributed by atoms with Crippen molar-refractivity contribution < 1.29 is 8.81 Å². The van der Waals surface area contributed by atoms with Crippen LogP contribution in [0.25, 0.3) is 11.3 Å². The van der Waals surface area contributed by atoms with Gasteiger partial charge in [0.15, 0.2) is 11.7 Å². The Hall–Kier alpha value is -1.20. The molecule has 0 bridgehead atoms. The standard InChI is InChI=1S/C13H14BrFN2O/c1-2-16-7-6-12-17-8-11(18-12)9-4-3-5-10(14)13(9)15/h3-5,8,16H,2,6-7H2,1H3. The highest BCUT2D eigenvalue weighted by molar-refractivity contribution is 9.10. The van der Waals surface area contributed by atoms with Crippen LogP contribution in [0.1, 0.15) is 12.8 Å². The minimum absolute atomic E-state index is 0.327. The maximum atomic E-state index is 13.9. The molecule has 0 saturated heterocycles. The van der Waals surface area contributed by atoms with Crippen molar-refractivity contribution >= 4 is 15.9 Å². The second-order valence-electron chi connectivity index (χ2n) is 3.82. The molecule has 0 radical (unpaired) electrons. The lowest BCUT2D eigenvalue weighted by atomic mass is 10.2. The number of halogens is 2. The van der Waals surface area contributed by atoms with Gasteiger partial charge in [-0.05, 0) is 34.6 Å². The third-order valence-electron chi connectivity index (χ3n) is 2.54. The van der Waals surface area contributed by atoms with Gasteiger partial charge in [-0.1, -0.05) is 13.0 Å². The van der Waals surface area contributed by atoms with E-state index in [0.29, 0.717) is 28.1 Å². The highest BCUT2D eigenvalue weighted by atomic mass is 79.9. The minimum atomic E-state index is -0.327. The van der Waals surface area contributed by atoms with Gasteiger partial charge in [0, 0.05) is 13.0 Å². The molecule has 0 amide bonds. The van der Waals surface area contributed by atoms with Gasteiger partial charge in [-0.3, -0.25) is 0 Å². The van der Waals surface area contributed by atoms with E-state index in [-0.39, 0.29) is 5.82 Å². The molecule has 18 heavy (non-hydrogen) atoms. The second kappa shape index (κ2) is 6.11. The van der Waals surface area contributed by atoms with Crippen LogP contribution in [-0.4, -0.2) is 18.1 Å². The molecule has 1 aromatic carbocycles. The van der Waals surface area contributed by atoms with Gasteiger partial charge in [-0.25, -0.2) is 9.37 Å². The first kappa shape index (κ1) is 13.2. The fraction of sp³-hybridized carbons (Fsp3) is 0.308. The summed E-state index contributed by atoms with van der Waals surface area (Å²) < 4.78 is 19.8. The Morgan fingerprint density at radius 2 is 2.28 bits per heavy atom. The van der Waals surface area contributed by atoms with E-state index in [1.165, 1.54) is 0 Å². The molecule has 96 valence electrons. The lowest BCUT2D eigenvalue weighted by Gasteiger charge is -2.00. The van der Waals surface area contributed by atoms with Crippen molar-refractivity contribution in [2.24, 2.45) is 0 Å². The van der Waals surface area contributed by atoms with Crippen molar-refractivity contribution in [2.75, 3.05) is 13.1 Å². The SMILES string of the molecule is CCNCCc1ncc(-c2cccc(Br)c2F)o1. The first-order chi connectivity index (χ1) is 8.72. The van der Waals surface area contributed by atoms with Crippen molar-refractivity contribution in [3.63, 3.8) is 0 Å². The van der Waals surface area contributed by atoms with E-state index in [0.717, 1.165) is 13.1 Å². The molecule has 2 aromatic rings. The van der Waals surface area contributed by atoms with E-state index in [4.69, 9.17) is 4.42 Å². The van der Waals surface area contributed by atoms with Crippen LogP contribution in [0.5, 0.6) is 0 Å². The van der Waals surface area contributed by atoms with Crippen LogP contribution in [0, 0.1) is 5.82 Å². The Morgan fingerprint density at radius 1 is 1.44 bits per heavy atom. The van der Waals surface area contributed by atoms with Crippen molar-refractivity contribution in [2.45, 2.75) is 13.3 Å². The summed E-state index contributed by atoms with van der Waals surface area (Å²) in [6.07, 6.45) is 2.26. The Balaban J connectivity index is 2.16. The van der Waals surface area contributed by atoms with E-state index in [9.17, 15) is 4.39 Å². The molecule has 1 heterocycles. The molecule has 1 N–H and O–H groups in total. The lowest BCUT2D eigenvalue weighted by molar-refractivity contribution is 0.493. The van der Waals surface area contributed by atoms with Crippen LogP contribution in [0.4, 0.5) is 4.39 Å². The number of hydrogen-bond acceptors (Lipinski definition) is 3. The molecular formula is C13H14BrFN2O. The molecule has 1 aromatic heterocycles. The second-order valence-corrected chi connectivity index (χ2v) is 4.68. The average molecular weight is 313 g/mol. The van der Waals surface area contributed by atoms with Gasteiger partial charge in [-0.2, -0.15) is 0 Å². The predicted octanol–water partition coefficient (Wildman–Crippen LogP) is 3.40. The quantitative estimate of drug-likeness (QED) is 0.860. The zero-order valence-corrected chi connectivity index (χ0v) is 11.6. The van der Waals surface area contributed by atoms with E-state index < -0.39 is 0 Å². The molecule has 0 saturated carbocycles. The largest absolute Gasteiger partial charge is 0.441 e. The highest BCUT2D eigenvalue weighted by Crippen LogP contribution is 2.28. The predicted molar refractivity (Wildman–Crippen MR) is 71.8 cm³/mol. The van der Waals surface area contributed by atoms with Crippen LogP contribution >= 0.6 is 15.9 Å². The molecule has 0 aliphatic heterocycles. The monoisotopic (exact) mass is 312 g/mol. The van der Waals surface area contributed by atoms with Crippen LogP contribution in [-0.2, 0) is 6.42 Å². The van der Waals surface area contributed by atoms with Gasteiger partial charge in [0.2, 0.25) is 0 Å². The van der Waals surface area contributed by atoms with Crippen LogP contribution in [0.2, 0.25) is 0 Å². The number of nitrogens with one attached hydrogen (secondary N) is 1. The number of hydrogen-bond donors (Lipinski definition) is 1. The van der Waals surface area contributed by atoms with Crippen molar-refractivity contribution in [1.29, 1.82) is 0 Å². The maximum absolute atomic E-state index is 13.9. The fourth-order valence-corrected chi connectivity index (χ4v) is 1.98. The molecule has 0 aliphatic carbocycles. The minimum Gasteiger partial charge on any atom is -0.441 e. The van der Waals surface area contributed by atoms with Gasteiger partial charge < -0.3 is 9.73 Å². The molecule has 0 atom stereocenters. The highest BCUT2D eigenvalue weighted by Gasteiger charge is 2.12. The Labute approximate surface area is 114 Å². The Morgan fingerprint density at radius 3 is 3.06 bits per heavy atom. The molecule has 2 rings (SSSR count). The zero-order chi connectivity index (χ0) is 13.0. The Bertz CT molecular complexity index is 527. The molecule has 3 nitrogen and oxygen atoms in total. The summed E-state index contributed by atoms with van der Waals surface area (Å²) in [5, 5.41) is 3.18. The topological polar surface area (TPSA) is 38.1 Å². The lowest BCUT2D eigenvalue weighted by Crippen LogP contribution is -2.16. The number of likely N-dealkylation sites (N-methyl/N-ethyl adjacent to an activating group) is 1. The summed E-state index contributed by atoms with van der Waals surface area (Å²) in [5.74, 6) is 0.748. The number of nitrogens with zero attached hydrogens (tertiary/aromatic N) is 1. The number of aromatic nitrogens is 1. The molecular weight excluding hydrogens is 299 g/mol. The van der Waals surface area contributed by atoms with Crippen molar-refractivity contribution in [3.05, 3.63) is 40.6 Å². The van der Waals surface area contributed by atoms with Crippen molar-refractivity contribution in [1.82, 2.24) is 10.3 Å². The molecule has 0 aliphatic rings. The van der Waals surface area contributed by atoms with Crippen LogP contribution < -0.4 is 5.32 Å². The summed E-state index contributed by atoms with van der Waals surface area (Å²) in [6.45, 7) is 3.75.